The van der Waals surface area contributed by atoms with E-state index in [1.165, 1.54) is 25.7 Å². The Labute approximate surface area is 195 Å². The predicted molar refractivity (Wildman–Crippen MR) is 128 cm³/mol. The number of aromatic nitrogens is 5. The Balaban J connectivity index is 0.00000256. The van der Waals surface area contributed by atoms with E-state index in [1.807, 2.05) is 24.6 Å². The summed E-state index contributed by atoms with van der Waals surface area (Å²) in [6, 6.07) is 2.66. The first-order chi connectivity index (χ1) is 14.2. The fraction of sp³-hybridized carbons (Fsp3) is 0.650. The lowest BCUT2D eigenvalue weighted by Gasteiger charge is -2.34. The number of nitrogens with zero attached hydrogens (tertiary/aromatic N) is 7. The number of hydrogen-bond donors (Lipinski definition) is 2. The van der Waals surface area contributed by atoms with Crippen molar-refractivity contribution in [1.82, 2.24) is 35.4 Å². The van der Waals surface area contributed by atoms with Crippen LogP contribution in [0, 0.1) is 6.92 Å². The van der Waals surface area contributed by atoms with Gasteiger partial charge in [0.05, 0.1) is 0 Å². The van der Waals surface area contributed by atoms with Gasteiger partial charge in [0.1, 0.15) is 12.4 Å². The first-order valence-electron chi connectivity index (χ1n) is 10.6. The van der Waals surface area contributed by atoms with Crippen LogP contribution in [0.5, 0.6) is 0 Å². The maximum atomic E-state index is 4.84. The summed E-state index contributed by atoms with van der Waals surface area (Å²) in [6.45, 7) is 4.33. The Morgan fingerprint density at radius 3 is 2.47 bits per heavy atom. The molecular formula is C20H32IN9. The summed E-state index contributed by atoms with van der Waals surface area (Å²) >= 11 is 0. The number of aryl methyl sites for hydroxylation is 1. The molecule has 2 aromatic heterocycles. The molecule has 4 rings (SSSR count). The molecule has 1 saturated heterocycles. The number of nitrogens with one attached hydrogen (secondary N) is 2. The fourth-order valence-electron chi connectivity index (χ4n) is 4.06. The summed E-state index contributed by atoms with van der Waals surface area (Å²) in [5.74, 6) is 3.45. The first kappa shape index (κ1) is 22.7. The minimum absolute atomic E-state index is 0. The molecule has 1 atom stereocenters. The second-order valence-corrected chi connectivity index (χ2v) is 7.99. The van der Waals surface area contributed by atoms with Crippen LogP contribution in [0.2, 0.25) is 0 Å². The third-order valence-electron chi connectivity index (χ3n) is 5.85. The molecule has 0 radical (unpaired) electrons. The Morgan fingerprint density at radius 2 is 1.77 bits per heavy atom. The van der Waals surface area contributed by atoms with Gasteiger partial charge in [-0.05, 0) is 38.7 Å². The average Bonchev–Trinajstić information content (AvgIpc) is 3.37. The van der Waals surface area contributed by atoms with E-state index < -0.39 is 0 Å². The van der Waals surface area contributed by atoms with Crippen molar-refractivity contribution in [3.05, 3.63) is 30.1 Å². The number of rotatable bonds is 5. The Hall–Kier alpha value is -1.98. The van der Waals surface area contributed by atoms with Gasteiger partial charge in [0.2, 0.25) is 5.95 Å². The van der Waals surface area contributed by atoms with Gasteiger partial charge in [-0.15, -0.1) is 34.2 Å². The van der Waals surface area contributed by atoms with Crippen molar-refractivity contribution < 1.29 is 0 Å². The lowest BCUT2D eigenvalue weighted by atomic mass is 10.1. The molecule has 2 fully saturated rings. The van der Waals surface area contributed by atoms with Crippen molar-refractivity contribution in [2.45, 2.75) is 64.1 Å². The highest BCUT2D eigenvalue weighted by Gasteiger charge is 2.24. The van der Waals surface area contributed by atoms with Crippen molar-refractivity contribution in [3.8, 4) is 0 Å². The molecule has 0 aromatic carbocycles. The number of halogens is 1. The van der Waals surface area contributed by atoms with Crippen molar-refractivity contribution in [1.29, 1.82) is 0 Å². The van der Waals surface area contributed by atoms with Gasteiger partial charge in [-0.25, -0.2) is 15.0 Å². The molecule has 0 spiro atoms. The number of anilines is 1. The van der Waals surface area contributed by atoms with Crippen LogP contribution in [0.3, 0.4) is 0 Å². The zero-order valence-corrected chi connectivity index (χ0v) is 20.1. The van der Waals surface area contributed by atoms with Gasteiger partial charge in [0.25, 0.3) is 0 Å². The minimum Gasteiger partial charge on any atom is -0.354 e. The molecule has 1 saturated carbocycles. The van der Waals surface area contributed by atoms with Crippen LogP contribution in [0.1, 0.15) is 50.2 Å². The van der Waals surface area contributed by atoms with Crippen LogP contribution in [0.15, 0.2) is 23.5 Å². The summed E-state index contributed by atoms with van der Waals surface area (Å²) in [5.41, 5.74) is 0. The molecule has 3 heterocycles. The minimum atomic E-state index is 0. The maximum Gasteiger partial charge on any atom is 0.225 e. The van der Waals surface area contributed by atoms with Gasteiger partial charge < -0.3 is 20.1 Å². The molecular weight excluding hydrogens is 493 g/mol. The molecule has 30 heavy (non-hydrogen) atoms. The summed E-state index contributed by atoms with van der Waals surface area (Å²) in [6.07, 6.45) is 10.8. The zero-order chi connectivity index (χ0) is 20.1. The topological polar surface area (TPSA) is 96.2 Å². The van der Waals surface area contributed by atoms with Gasteiger partial charge in [0, 0.05) is 44.6 Å². The standard InChI is InChI=1S/C20H31N9.HI/c1-15-26-27-18(28(15)2)13-23-19(24-16-7-3-4-8-16)25-17-9-5-12-29(14-17)20-21-10-6-11-22-20;/h6,10-11,16-17H,3-5,7-9,12-14H2,1-2H3,(H2,23,24,25);1H. The maximum absolute atomic E-state index is 4.84. The van der Waals surface area contributed by atoms with Crippen LogP contribution >= 0.6 is 24.0 Å². The second-order valence-electron chi connectivity index (χ2n) is 7.99. The number of piperidine rings is 1. The monoisotopic (exact) mass is 525 g/mol. The predicted octanol–water partition coefficient (Wildman–Crippen LogP) is 2.18. The molecule has 9 nitrogen and oxygen atoms in total. The summed E-state index contributed by atoms with van der Waals surface area (Å²) in [5, 5.41) is 15.7. The van der Waals surface area contributed by atoms with E-state index in [0.717, 1.165) is 49.5 Å². The molecule has 1 aliphatic carbocycles. The van der Waals surface area contributed by atoms with Gasteiger partial charge in [0.15, 0.2) is 11.8 Å². The van der Waals surface area contributed by atoms with E-state index >= 15 is 0 Å². The van der Waals surface area contributed by atoms with E-state index in [9.17, 15) is 0 Å². The molecule has 2 aliphatic rings. The van der Waals surface area contributed by atoms with Gasteiger partial charge in [-0.1, -0.05) is 12.8 Å². The fourth-order valence-corrected chi connectivity index (χ4v) is 4.06. The summed E-state index contributed by atoms with van der Waals surface area (Å²) in [7, 11) is 1.98. The largest absolute Gasteiger partial charge is 0.354 e. The van der Waals surface area contributed by atoms with Crippen molar-refractivity contribution >= 4 is 35.9 Å². The Kier molecular flexibility index (Phi) is 8.23. The van der Waals surface area contributed by atoms with Gasteiger partial charge in [-0.2, -0.15) is 0 Å². The molecule has 2 N–H and O–H groups in total. The smallest absolute Gasteiger partial charge is 0.225 e. The zero-order valence-electron chi connectivity index (χ0n) is 17.8. The summed E-state index contributed by atoms with van der Waals surface area (Å²) in [4.78, 5) is 15.9. The highest BCUT2D eigenvalue weighted by atomic mass is 127. The quantitative estimate of drug-likeness (QED) is 0.351. The highest BCUT2D eigenvalue weighted by Crippen LogP contribution is 2.18. The van der Waals surface area contributed by atoms with E-state index in [0.29, 0.717) is 18.6 Å². The van der Waals surface area contributed by atoms with Crippen LogP contribution in [-0.2, 0) is 13.6 Å². The lowest BCUT2D eigenvalue weighted by molar-refractivity contribution is 0.458. The third kappa shape index (κ3) is 5.79. The van der Waals surface area contributed by atoms with Crippen molar-refractivity contribution in [2.24, 2.45) is 12.0 Å². The molecule has 1 unspecified atom stereocenters. The number of guanidine groups is 1. The summed E-state index contributed by atoms with van der Waals surface area (Å²) < 4.78 is 1.99. The van der Waals surface area contributed by atoms with Gasteiger partial charge >= 0.3 is 0 Å². The average molecular weight is 525 g/mol. The second kappa shape index (κ2) is 10.9. The van der Waals surface area contributed by atoms with Crippen LogP contribution in [0.4, 0.5) is 5.95 Å². The van der Waals surface area contributed by atoms with E-state index in [-0.39, 0.29) is 24.0 Å². The molecule has 2 aromatic rings. The van der Waals surface area contributed by atoms with E-state index in [4.69, 9.17) is 4.99 Å². The van der Waals surface area contributed by atoms with Gasteiger partial charge in [-0.3, -0.25) is 0 Å². The third-order valence-corrected chi connectivity index (χ3v) is 5.85. The van der Waals surface area contributed by atoms with E-state index in [2.05, 4.69) is 35.7 Å². The lowest BCUT2D eigenvalue weighted by Crippen LogP contribution is -2.53. The molecule has 164 valence electrons. The highest BCUT2D eigenvalue weighted by molar-refractivity contribution is 14.0. The number of hydrogen-bond acceptors (Lipinski definition) is 6. The van der Waals surface area contributed by atoms with Crippen LogP contribution in [0.25, 0.3) is 0 Å². The first-order valence-corrected chi connectivity index (χ1v) is 10.6. The Morgan fingerprint density at radius 1 is 1.07 bits per heavy atom. The molecule has 10 heteroatoms. The SMILES string of the molecule is Cc1nnc(CN=C(NC2CCCC2)NC2CCCN(c3ncccn3)C2)n1C.I. The Bertz CT molecular complexity index is 817. The van der Waals surface area contributed by atoms with Crippen LogP contribution in [-0.4, -0.2) is 55.9 Å². The van der Waals surface area contributed by atoms with Crippen molar-refractivity contribution in [3.63, 3.8) is 0 Å². The normalized spacial score (nSPS) is 20.1. The molecule has 1 aliphatic heterocycles. The number of aliphatic imine (C=N–C) groups is 1. The molecule has 0 amide bonds. The van der Waals surface area contributed by atoms with Crippen molar-refractivity contribution in [2.75, 3.05) is 18.0 Å². The molecule has 0 bridgehead atoms. The van der Waals surface area contributed by atoms with Crippen LogP contribution < -0.4 is 15.5 Å². The van der Waals surface area contributed by atoms with E-state index in [1.54, 1.807) is 12.4 Å².